The Bertz CT molecular complexity index is 352. The summed E-state index contributed by atoms with van der Waals surface area (Å²) in [6.45, 7) is 3.62. The van der Waals surface area contributed by atoms with Crippen molar-refractivity contribution in [3.63, 3.8) is 0 Å². The maximum Gasteiger partial charge on any atom is 0.122 e. The summed E-state index contributed by atoms with van der Waals surface area (Å²) in [5.74, 6) is 0.0438. The largest absolute Gasteiger partial charge is 0.508 e. The quantitative estimate of drug-likeness (QED) is 0.703. The zero-order valence-electron chi connectivity index (χ0n) is 8.21. The number of hydrogen-bond acceptors (Lipinski definition) is 3. The molecule has 1 aromatic rings. The highest BCUT2D eigenvalue weighted by molar-refractivity contribution is 6.32. The molecule has 0 spiro atoms. The van der Waals surface area contributed by atoms with Gasteiger partial charge in [0.05, 0.1) is 6.10 Å². The molecule has 78 valence electrons. The van der Waals surface area contributed by atoms with Crippen LogP contribution in [-0.4, -0.2) is 16.8 Å². The van der Waals surface area contributed by atoms with Crippen molar-refractivity contribution in [3.05, 3.63) is 27.8 Å². The molecule has 4 N–H and O–H groups in total. The third-order valence-electron chi connectivity index (χ3n) is 2.27. The summed E-state index contributed by atoms with van der Waals surface area (Å²) >= 11 is 5.99. The molecule has 0 saturated carbocycles. The van der Waals surface area contributed by atoms with Gasteiger partial charge in [0.15, 0.2) is 0 Å². The van der Waals surface area contributed by atoms with Crippen molar-refractivity contribution in [2.45, 2.75) is 20.0 Å². The van der Waals surface area contributed by atoms with E-state index in [0.717, 1.165) is 5.56 Å². The first-order valence-electron chi connectivity index (χ1n) is 4.35. The van der Waals surface area contributed by atoms with Gasteiger partial charge in [-0.15, -0.1) is 0 Å². The van der Waals surface area contributed by atoms with Gasteiger partial charge in [0, 0.05) is 17.1 Å². The molecule has 0 aliphatic heterocycles. The molecule has 3 nitrogen and oxygen atoms in total. The van der Waals surface area contributed by atoms with Gasteiger partial charge >= 0.3 is 0 Å². The maximum absolute atomic E-state index is 9.62. The molecule has 0 fully saturated rings. The van der Waals surface area contributed by atoms with Gasteiger partial charge in [0.2, 0.25) is 0 Å². The Hall–Kier alpha value is -0.770. The molecule has 1 rings (SSSR count). The number of nitrogens with two attached hydrogens (primary N) is 1. The van der Waals surface area contributed by atoms with E-state index in [4.69, 9.17) is 17.3 Å². The smallest absolute Gasteiger partial charge is 0.122 e. The highest BCUT2D eigenvalue weighted by Gasteiger charge is 2.17. The number of phenolic OH excluding ortho intramolecular Hbond substituents is 1. The summed E-state index contributed by atoms with van der Waals surface area (Å²) < 4.78 is 0. The molecule has 0 bridgehead atoms. The fourth-order valence-corrected chi connectivity index (χ4v) is 1.65. The average molecular weight is 216 g/mol. The van der Waals surface area contributed by atoms with Crippen LogP contribution in [0.2, 0.25) is 5.02 Å². The summed E-state index contributed by atoms with van der Waals surface area (Å²) in [6, 6.07) is 1.53. The molecule has 14 heavy (non-hydrogen) atoms. The Kier molecular flexibility index (Phi) is 3.37. The fourth-order valence-electron chi connectivity index (χ4n) is 1.49. The van der Waals surface area contributed by atoms with Crippen LogP contribution in [-0.2, 0) is 0 Å². The first-order valence-corrected chi connectivity index (χ1v) is 4.73. The number of benzene rings is 1. The molecular formula is C10H14ClNO2. The maximum atomic E-state index is 9.62. The summed E-state index contributed by atoms with van der Waals surface area (Å²) in [5.41, 5.74) is 7.21. The van der Waals surface area contributed by atoms with E-state index in [-0.39, 0.29) is 12.3 Å². The molecule has 4 heteroatoms. The number of hydrogen-bond donors (Lipinski definition) is 3. The van der Waals surface area contributed by atoms with Crippen molar-refractivity contribution in [3.8, 4) is 5.75 Å². The van der Waals surface area contributed by atoms with Crippen molar-refractivity contribution < 1.29 is 10.2 Å². The van der Waals surface area contributed by atoms with Crippen LogP contribution in [0.5, 0.6) is 5.75 Å². The van der Waals surface area contributed by atoms with E-state index in [0.29, 0.717) is 16.1 Å². The number of phenols is 1. The minimum Gasteiger partial charge on any atom is -0.508 e. The van der Waals surface area contributed by atoms with E-state index in [2.05, 4.69) is 0 Å². The molecule has 0 saturated heterocycles. The van der Waals surface area contributed by atoms with E-state index in [1.165, 1.54) is 6.07 Å². The Morgan fingerprint density at radius 2 is 2.07 bits per heavy atom. The standard InChI is InChI=1S/C10H14ClNO2/c1-5-3-7(13)9(8(14)4-12)6(2)10(5)11/h3,8,13-14H,4,12H2,1-2H3. The number of aliphatic hydroxyl groups excluding tert-OH is 1. The number of aromatic hydroxyl groups is 1. The minimum absolute atomic E-state index is 0.0438. The van der Waals surface area contributed by atoms with Crippen LogP contribution in [0.15, 0.2) is 6.07 Å². The van der Waals surface area contributed by atoms with E-state index < -0.39 is 6.10 Å². The van der Waals surface area contributed by atoms with E-state index in [9.17, 15) is 10.2 Å². The number of aryl methyl sites for hydroxylation is 1. The van der Waals surface area contributed by atoms with Gasteiger partial charge in [-0.3, -0.25) is 0 Å². The predicted octanol–water partition coefficient (Wildman–Crippen LogP) is 1.65. The van der Waals surface area contributed by atoms with Crippen molar-refractivity contribution in [1.29, 1.82) is 0 Å². The summed E-state index contributed by atoms with van der Waals surface area (Å²) in [7, 11) is 0. The molecule has 0 radical (unpaired) electrons. The monoisotopic (exact) mass is 215 g/mol. The molecule has 0 aliphatic rings. The van der Waals surface area contributed by atoms with Crippen molar-refractivity contribution >= 4 is 11.6 Å². The van der Waals surface area contributed by atoms with Crippen LogP contribution in [0.1, 0.15) is 22.8 Å². The van der Waals surface area contributed by atoms with Gasteiger partial charge < -0.3 is 15.9 Å². The average Bonchev–Trinajstić information content (AvgIpc) is 2.14. The lowest BCUT2D eigenvalue weighted by molar-refractivity contribution is 0.182. The molecule has 0 amide bonds. The van der Waals surface area contributed by atoms with Crippen LogP contribution < -0.4 is 5.73 Å². The molecule has 1 aromatic carbocycles. The van der Waals surface area contributed by atoms with Gasteiger partial charge in [-0.2, -0.15) is 0 Å². The molecular weight excluding hydrogens is 202 g/mol. The summed E-state index contributed by atoms with van der Waals surface area (Å²) in [4.78, 5) is 0. The van der Waals surface area contributed by atoms with Gasteiger partial charge in [-0.25, -0.2) is 0 Å². The first-order chi connectivity index (χ1) is 6.49. The van der Waals surface area contributed by atoms with Crippen LogP contribution in [0.25, 0.3) is 0 Å². The second-order valence-electron chi connectivity index (χ2n) is 3.32. The van der Waals surface area contributed by atoms with Crippen molar-refractivity contribution in [2.24, 2.45) is 5.73 Å². The Morgan fingerprint density at radius 1 is 1.50 bits per heavy atom. The van der Waals surface area contributed by atoms with Gasteiger partial charge in [0.1, 0.15) is 5.75 Å². The topological polar surface area (TPSA) is 66.5 Å². The van der Waals surface area contributed by atoms with E-state index in [1.807, 2.05) is 0 Å². The zero-order chi connectivity index (χ0) is 10.9. The van der Waals surface area contributed by atoms with Gasteiger partial charge in [0.25, 0.3) is 0 Å². The molecule has 1 unspecified atom stereocenters. The predicted molar refractivity (Wildman–Crippen MR) is 56.6 cm³/mol. The van der Waals surface area contributed by atoms with E-state index in [1.54, 1.807) is 13.8 Å². The molecule has 0 heterocycles. The highest BCUT2D eigenvalue weighted by atomic mass is 35.5. The summed E-state index contributed by atoms with van der Waals surface area (Å²) in [6.07, 6.45) is -0.868. The molecule has 0 aliphatic carbocycles. The molecule has 0 aromatic heterocycles. The van der Waals surface area contributed by atoms with E-state index >= 15 is 0 Å². The first kappa shape index (κ1) is 11.3. The lowest BCUT2D eigenvalue weighted by Gasteiger charge is -2.16. The Labute approximate surface area is 88.1 Å². The van der Waals surface area contributed by atoms with Crippen LogP contribution in [0, 0.1) is 13.8 Å². The third-order valence-corrected chi connectivity index (χ3v) is 2.85. The Balaban J connectivity index is 3.36. The lowest BCUT2D eigenvalue weighted by Crippen LogP contribution is -2.13. The van der Waals surface area contributed by atoms with Crippen LogP contribution in [0.3, 0.4) is 0 Å². The molecule has 1 atom stereocenters. The second kappa shape index (κ2) is 4.17. The fraction of sp³-hybridized carbons (Fsp3) is 0.400. The van der Waals surface area contributed by atoms with Crippen LogP contribution in [0.4, 0.5) is 0 Å². The highest BCUT2D eigenvalue weighted by Crippen LogP contribution is 2.34. The lowest BCUT2D eigenvalue weighted by atomic mass is 9.99. The minimum atomic E-state index is -0.868. The Morgan fingerprint density at radius 3 is 2.57 bits per heavy atom. The van der Waals surface area contributed by atoms with Crippen molar-refractivity contribution in [1.82, 2.24) is 0 Å². The number of halogens is 1. The zero-order valence-corrected chi connectivity index (χ0v) is 8.97. The SMILES string of the molecule is Cc1cc(O)c(C(O)CN)c(C)c1Cl. The third kappa shape index (κ3) is 1.85. The van der Waals surface area contributed by atoms with Crippen molar-refractivity contribution in [2.75, 3.05) is 6.54 Å². The number of rotatable bonds is 2. The number of aliphatic hydroxyl groups is 1. The normalized spacial score (nSPS) is 12.9. The van der Waals surface area contributed by atoms with Gasteiger partial charge in [-0.05, 0) is 31.0 Å². The van der Waals surface area contributed by atoms with Crippen LogP contribution >= 0.6 is 11.6 Å². The van der Waals surface area contributed by atoms with Gasteiger partial charge in [-0.1, -0.05) is 11.6 Å². The second-order valence-corrected chi connectivity index (χ2v) is 3.69. The summed E-state index contributed by atoms with van der Waals surface area (Å²) in [5, 5.41) is 19.7.